The molecule has 2 aromatic carbocycles. The number of nitrogens with zero attached hydrogens (tertiary/aromatic N) is 1. The number of aryl methyl sites for hydroxylation is 1. The standard InChI is InChI=1S/C18H14N2/c1-13-2-8-16-12-15(7-11-18(16)20-13)4-3-14-5-9-17(19)10-6-14/h2,5-12H,19H2,1H3. The zero-order chi connectivity index (χ0) is 13.9. The van der Waals surface area contributed by atoms with Gasteiger partial charge in [0.05, 0.1) is 5.52 Å². The molecule has 3 aromatic rings. The summed E-state index contributed by atoms with van der Waals surface area (Å²) in [5.41, 5.74) is 10.4. The zero-order valence-corrected chi connectivity index (χ0v) is 11.2. The third-order valence-corrected chi connectivity index (χ3v) is 3.09. The highest BCUT2D eigenvalue weighted by Gasteiger charge is 1.96. The molecule has 0 aliphatic rings. The normalized spacial score (nSPS) is 10.1. The molecule has 2 nitrogen and oxygen atoms in total. The fourth-order valence-electron chi connectivity index (χ4n) is 2.02. The molecule has 20 heavy (non-hydrogen) atoms. The summed E-state index contributed by atoms with van der Waals surface area (Å²) in [5.74, 6) is 6.31. The molecule has 3 rings (SSSR count). The van der Waals surface area contributed by atoms with E-state index in [9.17, 15) is 0 Å². The van der Waals surface area contributed by atoms with Crippen molar-refractivity contribution in [1.82, 2.24) is 4.98 Å². The van der Waals surface area contributed by atoms with Gasteiger partial charge in [0.2, 0.25) is 0 Å². The van der Waals surface area contributed by atoms with Gasteiger partial charge in [-0.25, -0.2) is 0 Å². The van der Waals surface area contributed by atoms with Crippen molar-refractivity contribution in [2.75, 3.05) is 5.73 Å². The predicted octanol–water partition coefficient (Wildman–Crippen LogP) is 3.53. The first-order valence-corrected chi connectivity index (χ1v) is 6.46. The van der Waals surface area contributed by atoms with E-state index in [1.54, 1.807) is 0 Å². The molecule has 0 bridgehead atoms. The van der Waals surface area contributed by atoms with Gasteiger partial charge in [0.15, 0.2) is 0 Å². The van der Waals surface area contributed by atoms with Crippen LogP contribution in [0.3, 0.4) is 0 Å². The maximum atomic E-state index is 5.65. The van der Waals surface area contributed by atoms with Gasteiger partial charge in [-0.05, 0) is 55.5 Å². The number of anilines is 1. The highest BCUT2D eigenvalue weighted by atomic mass is 14.7. The summed E-state index contributed by atoms with van der Waals surface area (Å²) in [4.78, 5) is 4.48. The van der Waals surface area contributed by atoms with E-state index in [-0.39, 0.29) is 0 Å². The summed E-state index contributed by atoms with van der Waals surface area (Å²) in [5, 5.41) is 1.11. The summed E-state index contributed by atoms with van der Waals surface area (Å²) in [6.07, 6.45) is 0. The van der Waals surface area contributed by atoms with Gasteiger partial charge in [0.25, 0.3) is 0 Å². The lowest BCUT2D eigenvalue weighted by molar-refractivity contribution is 1.25. The Kier molecular flexibility index (Phi) is 3.10. The Bertz CT molecular complexity index is 821. The van der Waals surface area contributed by atoms with Crippen molar-refractivity contribution in [3.8, 4) is 11.8 Å². The summed E-state index contributed by atoms with van der Waals surface area (Å²) in [6.45, 7) is 1.99. The third kappa shape index (κ3) is 2.62. The lowest BCUT2D eigenvalue weighted by Crippen LogP contribution is -1.84. The summed E-state index contributed by atoms with van der Waals surface area (Å²) in [7, 11) is 0. The molecule has 0 radical (unpaired) electrons. The summed E-state index contributed by atoms with van der Waals surface area (Å²) in [6, 6.07) is 17.7. The van der Waals surface area contributed by atoms with E-state index >= 15 is 0 Å². The first-order valence-electron chi connectivity index (χ1n) is 6.46. The minimum atomic E-state index is 0.752. The first-order chi connectivity index (χ1) is 9.70. The van der Waals surface area contributed by atoms with Crippen LogP contribution < -0.4 is 5.73 Å². The number of aromatic nitrogens is 1. The number of pyridine rings is 1. The highest BCUT2D eigenvalue weighted by molar-refractivity contribution is 5.80. The van der Waals surface area contributed by atoms with Crippen LogP contribution in [0.5, 0.6) is 0 Å². The van der Waals surface area contributed by atoms with E-state index in [1.807, 2.05) is 49.4 Å². The van der Waals surface area contributed by atoms with Gasteiger partial charge in [-0.15, -0.1) is 0 Å². The van der Waals surface area contributed by atoms with Crippen LogP contribution in [0, 0.1) is 18.8 Å². The lowest BCUT2D eigenvalue weighted by Gasteiger charge is -1.99. The van der Waals surface area contributed by atoms with E-state index in [1.165, 1.54) is 0 Å². The molecule has 0 amide bonds. The molecule has 0 fully saturated rings. The molecule has 0 aliphatic heterocycles. The quantitative estimate of drug-likeness (QED) is 0.495. The Hall–Kier alpha value is -2.79. The van der Waals surface area contributed by atoms with Crippen molar-refractivity contribution in [3.05, 3.63) is 71.4 Å². The molecule has 96 valence electrons. The Morgan fingerprint density at radius 3 is 2.35 bits per heavy atom. The van der Waals surface area contributed by atoms with Crippen molar-refractivity contribution < 1.29 is 0 Å². The molecule has 0 unspecified atom stereocenters. The fourth-order valence-corrected chi connectivity index (χ4v) is 2.02. The number of rotatable bonds is 0. The van der Waals surface area contributed by atoms with E-state index < -0.39 is 0 Å². The van der Waals surface area contributed by atoms with Crippen LogP contribution in [0.2, 0.25) is 0 Å². The second-order valence-electron chi connectivity index (χ2n) is 4.73. The molecule has 1 heterocycles. The van der Waals surface area contributed by atoms with Crippen molar-refractivity contribution in [3.63, 3.8) is 0 Å². The third-order valence-electron chi connectivity index (χ3n) is 3.09. The fraction of sp³-hybridized carbons (Fsp3) is 0.0556. The number of benzene rings is 2. The topological polar surface area (TPSA) is 38.9 Å². The van der Waals surface area contributed by atoms with Gasteiger partial charge < -0.3 is 5.73 Å². The van der Waals surface area contributed by atoms with Crippen LogP contribution >= 0.6 is 0 Å². The number of nitrogen functional groups attached to an aromatic ring is 1. The van der Waals surface area contributed by atoms with Crippen LogP contribution in [-0.4, -0.2) is 4.98 Å². The van der Waals surface area contributed by atoms with E-state index in [0.717, 1.165) is 33.4 Å². The molecule has 1 aromatic heterocycles. The first kappa shape index (κ1) is 12.3. The molecule has 0 aliphatic carbocycles. The van der Waals surface area contributed by atoms with Gasteiger partial charge in [-0.1, -0.05) is 17.9 Å². The molecule has 0 saturated heterocycles. The Morgan fingerprint density at radius 2 is 1.55 bits per heavy atom. The van der Waals surface area contributed by atoms with Crippen LogP contribution in [0.1, 0.15) is 16.8 Å². The highest BCUT2D eigenvalue weighted by Crippen LogP contribution is 2.14. The zero-order valence-electron chi connectivity index (χ0n) is 11.2. The largest absolute Gasteiger partial charge is 0.399 e. The Labute approximate surface area is 118 Å². The molecule has 2 heteroatoms. The second-order valence-corrected chi connectivity index (χ2v) is 4.73. The molecular formula is C18H14N2. The van der Waals surface area contributed by atoms with Gasteiger partial charge in [-0.2, -0.15) is 0 Å². The smallest absolute Gasteiger partial charge is 0.0706 e. The molecule has 2 N–H and O–H groups in total. The number of hydrogen-bond acceptors (Lipinski definition) is 2. The van der Waals surface area contributed by atoms with Crippen molar-refractivity contribution >= 4 is 16.6 Å². The molecular weight excluding hydrogens is 244 g/mol. The Morgan fingerprint density at radius 1 is 0.850 bits per heavy atom. The number of nitrogens with two attached hydrogens (primary N) is 1. The van der Waals surface area contributed by atoms with Gasteiger partial charge in [-0.3, -0.25) is 4.98 Å². The molecule has 0 saturated carbocycles. The van der Waals surface area contributed by atoms with Crippen molar-refractivity contribution in [2.45, 2.75) is 6.92 Å². The van der Waals surface area contributed by atoms with Crippen LogP contribution in [-0.2, 0) is 0 Å². The number of fused-ring (bicyclic) bond motifs is 1. The average Bonchev–Trinajstić information content (AvgIpc) is 2.46. The SMILES string of the molecule is Cc1ccc2cc(C#Cc3ccc(N)cc3)ccc2n1. The van der Waals surface area contributed by atoms with E-state index in [4.69, 9.17) is 5.73 Å². The molecule has 0 atom stereocenters. The minimum absolute atomic E-state index is 0.752. The molecule has 0 spiro atoms. The average molecular weight is 258 g/mol. The minimum Gasteiger partial charge on any atom is -0.399 e. The van der Waals surface area contributed by atoms with Gasteiger partial charge in [0, 0.05) is 27.9 Å². The van der Waals surface area contributed by atoms with Gasteiger partial charge in [0.1, 0.15) is 0 Å². The van der Waals surface area contributed by atoms with Crippen LogP contribution in [0.15, 0.2) is 54.6 Å². The monoisotopic (exact) mass is 258 g/mol. The maximum absolute atomic E-state index is 5.65. The predicted molar refractivity (Wildman–Crippen MR) is 83.3 cm³/mol. The Balaban J connectivity index is 1.95. The van der Waals surface area contributed by atoms with Crippen molar-refractivity contribution in [2.24, 2.45) is 0 Å². The van der Waals surface area contributed by atoms with E-state index in [0.29, 0.717) is 0 Å². The van der Waals surface area contributed by atoms with Crippen LogP contribution in [0.25, 0.3) is 10.9 Å². The van der Waals surface area contributed by atoms with Crippen LogP contribution in [0.4, 0.5) is 5.69 Å². The summed E-state index contributed by atoms with van der Waals surface area (Å²) < 4.78 is 0. The second kappa shape index (κ2) is 5.07. The van der Waals surface area contributed by atoms with Gasteiger partial charge >= 0.3 is 0 Å². The maximum Gasteiger partial charge on any atom is 0.0706 e. The number of hydrogen-bond donors (Lipinski definition) is 1. The van der Waals surface area contributed by atoms with Crippen molar-refractivity contribution in [1.29, 1.82) is 0 Å². The lowest BCUT2D eigenvalue weighted by atomic mass is 10.1. The summed E-state index contributed by atoms with van der Waals surface area (Å²) >= 11 is 0. The van der Waals surface area contributed by atoms with E-state index in [2.05, 4.69) is 29.0 Å².